The minimum absolute atomic E-state index is 0.0233. The molecule has 0 spiro atoms. The third-order valence-corrected chi connectivity index (χ3v) is 3.62. The van der Waals surface area contributed by atoms with Gasteiger partial charge in [0.25, 0.3) is 10.1 Å². The van der Waals surface area contributed by atoms with Gasteiger partial charge in [-0.15, -0.1) is 0 Å². The van der Waals surface area contributed by atoms with Crippen LogP contribution in [-0.2, 0) is 20.7 Å². The lowest BCUT2D eigenvalue weighted by Gasteiger charge is -2.04. The molecule has 0 aliphatic rings. The van der Waals surface area contributed by atoms with Gasteiger partial charge in [0.15, 0.2) is 0 Å². The van der Waals surface area contributed by atoms with Crippen LogP contribution in [0.15, 0.2) is 24.3 Å². The lowest BCUT2D eigenvalue weighted by molar-refractivity contribution is 0.313. The molecule has 5 heteroatoms. The van der Waals surface area contributed by atoms with E-state index in [0.717, 1.165) is 17.7 Å². The summed E-state index contributed by atoms with van der Waals surface area (Å²) in [6, 6.07) is 7.71. The topological polar surface area (TPSA) is 52.6 Å². The highest BCUT2D eigenvalue weighted by Gasteiger charge is 2.06. The summed E-state index contributed by atoms with van der Waals surface area (Å²) in [6.45, 7) is 1.81. The van der Waals surface area contributed by atoms with Gasteiger partial charge >= 0.3 is 0 Å². The van der Waals surface area contributed by atoms with Gasteiger partial charge in [-0.3, -0.25) is 4.18 Å². The van der Waals surface area contributed by atoms with Crippen LogP contribution in [0.4, 0.5) is 0 Å². The molecule has 0 saturated heterocycles. The first-order valence-electron chi connectivity index (χ1n) is 5.57. The molecule has 0 amide bonds. The first kappa shape index (κ1) is 14.0. The van der Waals surface area contributed by atoms with E-state index in [1.807, 2.05) is 24.3 Å². The molecule has 17 heavy (non-hydrogen) atoms. The number of aryl methyl sites for hydroxylation is 1. The highest BCUT2D eigenvalue weighted by molar-refractivity contribution is 7.86. The van der Waals surface area contributed by atoms with Crippen LogP contribution in [-0.4, -0.2) is 27.9 Å². The number of ether oxygens (including phenoxy) is 1. The Hall–Kier alpha value is -1.07. The Labute approximate surface area is 103 Å². The molecule has 0 atom stereocenters. The van der Waals surface area contributed by atoms with Gasteiger partial charge in [-0.25, -0.2) is 0 Å². The predicted molar refractivity (Wildman–Crippen MR) is 66.7 cm³/mol. The molecule has 1 rings (SSSR count). The van der Waals surface area contributed by atoms with Gasteiger partial charge in [0.2, 0.25) is 0 Å². The molecule has 0 bridgehead atoms. The Kier molecular flexibility index (Phi) is 5.44. The van der Waals surface area contributed by atoms with Crippen LogP contribution in [0.5, 0.6) is 5.75 Å². The summed E-state index contributed by atoms with van der Waals surface area (Å²) in [5.41, 5.74) is 1.14. The number of benzene rings is 1. The van der Waals surface area contributed by atoms with Gasteiger partial charge in [0.1, 0.15) is 5.75 Å². The summed E-state index contributed by atoms with van der Waals surface area (Å²) in [7, 11) is -1.68. The van der Waals surface area contributed by atoms with E-state index in [4.69, 9.17) is 8.92 Å². The van der Waals surface area contributed by atoms with E-state index in [-0.39, 0.29) is 12.4 Å². The van der Waals surface area contributed by atoms with Gasteiger partial charge in [-0.05, 0) is 37.5 Å². The molecule has 0 N–H and O–H groups in total. The van der Waals surface area contributed by atoms with Crippen LogP contribution in [0.2, 0.25) is 0 Å². The van der Waals surface area contributed by atoms with Crippen molar-refractivity contribution in [2.24, 2.45) is 0 Å². The Morgan fingerprint density at radius 2 is 1.82 bits per heavy atom. The van der Waals surface area contributed by atoms with E-state index in [0.29, 0.717) is 6.42 Å². The van der Waals surface area contributed by atoms with Gasteiger partial charge in [-0.2, -0.15) is 8.42 Å². The first-order valence-corrected chi connectivity index (χ1v) is 7.15. The molecule has 1 aromatic rings. The van der Waals surface area contributed by atoms with Crippen molar-refractivity contribution in [3.63, 3.8) is 0 Å². The lowest BCUT2D eigenvalue weighted by atomic mass is 10.1. The van der Waals surface area contributed by atoms with E-state index in [1.54, 1.807) is 14.0 Å². The van der Waals surface area contributed by atoms with Crippen LogP contribution < -0.4 is 4.74 Å². The quantitative estimate of drug-likeness (QED) is 0.554. The van der Waals surface area contributed by atoms with Crippen LogP contribution >= 0.6 is 0 Å². The van der Waals surface area contributed by atoms with Crippen LogP contribution in [0, 0.1) is 0 Å². The molecule has 0 aliphatic carbocycles. The molecule has 0 unspecified atom stereocenters. The fourth-order valence-corrected chi connectivity index (χ4v) is 1.88. The second kappa shape index (κ2) is 6.61. The number of hydrogen-bond acceptors (Lipinski definition) is 4. The van der Waals surface area contributed by atoms with Crippen molar-refractivity contribution in [2.45, 2.75) is 19.8 Å². The maximum Gasteiger partial charge on any atom is 0.267 e. The van der Waals surface area contributed by atoms with E-state index < -0.39 is 10.1 Å². The molecule has 0 aromatic heterocycles. The second-order valence-corrected chi connectivity index (χ2v) is 5.55. The van der Waals surface area contributed by atoms with Gasteiger partial charge in [-0.1, -0.05) is 12.1 Å². The zero-order chi connectivity index (χ0) is 12.7. The van der Waals surface area contributed by atoms with E-state index in [1.165, 1.54) is 0 Å². The molecule has 0 saturated carbocycles. The van der Waals surface area contributed by atoms with Crippen molar-refractivity contribution < 1.29 is 17.3 Å². The number of methoxy groups -OCH3 is 1. The zero-order valence-corrected chi connectivity index (χ0v) is 11.0. The molecular formula is C12H18O4S. The summed E-state index contributed by atoms with van der Waals surface area (Å²) in [6.07, 6.45) is 1.48. The smallest absolute Gasteiger partial charge is 0.267 e. The highest BCUT2D eigenvalue weighted by Crippen LogP contribution is 2.12. The third kappa shape index (κ3) is 5.19. The average Bonchev–Trinajstić information content (AvgIpc) is 2.35. The summed E-state index contributed by atoms with van der Waals surface area (Å²) in [5, 5.41) is 0. The van der Waals surface area contributed by atoms with Crippen molar-refractivity contribution in [3.05, 3.63) is 29.8 Å². The Morgan fingerprint density at radius 1 is 1.18 bits per heavy atom. The third-order valence-electron chi connectivity index (χ3n) is 2.39. The standard InChI is InChI=1S/C12H18O4S/c1-3-17(13,14)16-10-4-5-11-6-8-12(15-2)9-7-11/h6-9H,3-5,10H2,1-2H3. The van der Waals surface area contributed by atoms with Gasteiger partial charge in [0.05, 0.1) is 19.5 Å². The van der Waals surface area contributed by atoms with Crippen molar-refractivity contribution in [1.82, 2.24) is 0 Å². The molecule has 4 nitrogen and oxygen atoms in total. The van der Waals surface area contributed by atoms with Gasteiger partial charge < -0.3 is 4.74 Å². The maximum absolute atomic E-state index is 11.1. The van der Waals surface area contributed by atoms with E-state index in [2.05, 4.69) is 0 Å². The predicted octanol–water partition coefficient (Wildman–Crippen LogP) is 1.99. The van der Waals surface area contributed by atoms with Crippen LogP contribution in [0.1, 0.15) is 18.9 Å². The van der Waals surface area contributed by atoms with Crippen LogP contribution in [0.3, 0.4) is 0 Å². The minimum atomic E-state index is -3.30. The van der Waals surface area contributed by atoms with E-state index in [9.17, 15) is 8.42 Å². The fraction of sp³-hybridized carbons (Fsp3) is 0.500. The molecule has 96 valence electrons. The molecule has 0 fully saturated rings. The molecular weight excluding hydrogens is 240 g/mol. The Balaban J connectivity index is 2.31. The molecule has 0 radical (unpaired) electrons. The van der Waals surface area contributed by atoms with Gasteiger partial charge in [0, 0.05) is 0 Å². The van der Waals surface area contributed by atoms with Crippen LogP contribution in [0.25, 0.3) is 0 Å². The largest absolute Gasteiger partial charge is 0.497 e. The fourth-order valence-electron chi connectivity index (χ4n) is 1.34. The normalized spacial score (nSPS) is 11.4. The summed E-state index contributed by atoms with van der Waals surface area (Å²) < 4.78 is 32.0. The van der Waals surface area contributed by atoms with Crippen molar-refractivity contribution in [3.8, 4) is 5.75 Å². The first-order chi connectivity index (χ1) is 8.07. The Morgan fingerprint density at radius 3 is 2.35 bits per heavy atom. The average molecular weight is 258 g/mol. The number of hydrogen-bond donors (Lipinski definition) is 0. The maximum atomic E-state index is 11.1. The Bertz CT molecular complexity index is 422. The lowest BCUT2D eigenvalue weighted by Crippen LogP contribution is -2.09. The van der Waals surface area contributed by atoms with Crippen molar-refractivity contribution >= 4 is 10.1 Å². The second-order valence-electron chi connectivity index (χ2n) is 3.62. The van der Waals surface area contributed by atoms with E-state index >= 15 is 0 Å². The number of rotatable bonds is 7. The SMILES string of the molecule is CCS(=O)(=O)OCCCc1ccc(OC)cc1. The molecule has 0 aliphatic heterocycles. The minimum Gasteiger partial charge on any atom is -0.497 e. The summed E-state index contributed by atoms with van der Waals surface area (Å²) in [5.74, 6) is 0.841. The van der Waals surface area contributed by atoms with Crippen molar-refractivity contribution in [1.29, 1.82) is 0 Å². The molecule has 1 aromatic carbocycles. The highest BCUT2D eigenvalue weighted by atomic mass is 32.2. The molecule has 0 heterocycles. The zero-order valence-electron chi connectivity index (χ0n) is 10.2. The summed E-state index contributed by atoms with van der Waals surface area (Å²) >= 11 is 0. The summed E-state index contributed by atoms with van der Waals surface area (Å²) in [4.78, 5) is 0. The van der Waals surface area contributed by atoms with Crippen molar-refractivity contribution in [2.75, 3.05) is 19.5 Å². The monoisotopic (exact) mass is 258 g/mol.